The van der Waals surface area contributed by atoms with Crippen LogP contribution in [0, 0.1) is 0 Å². The van der Waals surface area contributed by atoms with E-state index in [1.54, 1.807) is 0 Å². The average molecular weight is 421 g/mol. The first-order chi connectivity index (χ1) is 15.0. The number of benzene rings is 2. The lowest BCUT2D eigenvalue weighted by Crippen LogP contribution is -2.60. The molecule has 1 unspecified atom stereocenters. The molecule has 0 aromatic heterocycles. The van der Waals surface area contributed by atoms with Crippen LogP contribution in [0.5, 0.6) is 0 Å². The van der Waals surface area contributed by atoms with E-state index < -0.39 is 5.66 Å². The molecule has 2 aliphatic heterocycles. The molecule has 0 saturated carbocycles. The van der Waals surface area contributed by atoms with Gasteiger partial charge in [0.1, 0.15) is 0 Å². The Morgan fingerprint density at radius 2 is 1.61 bits per heavy atom. The summed E-state index contributed by atoms with van der Waals surface area (Å²) in [6.45, 7) is 5.77. The van der Waals surface area contributed by atoms with Crippen LogP contribution in [0.1, 0.15) is 37.8 Å². The molecule has 0 bridgehead atoms. The lowest BCUT2D eigenvalue weighted by atomic mass is 9.95. The van der Waals surface area contributed by atoms with Crippen molar-refractivity contribution in [3.05, 3.63) is 71.8 Å². The minimum absolute atomic E-state index is 0.0235. The molecule has 3 amide bonds. The summed E-state index contributed by atoms with van der Waals surface area (Å²) < 4.78 is 0. The van der Waals surface area contributed by atoms with Crippen molar-refractivity contribution in [2.75, 3.05) is 13.1 Å². The number of carbonyl (C=O) groups is 2. The van der Waals surface area contributed by atoms with E-state index in [4.69, 9.17) is 0 Å². The fourth-order valence-corrected chi connectivity index (χ4v) is 4.68. The average Bonchev–Trinajstić information content (AvgIpc) is 3.00. The lowest BCUT2D eigenvalue weighted by molar-refractivity contribution is -0.134. The van der Waals surface area contributed by atoms with Crippen LogP contribution in [0.4, 0.5) is 4.79 Å². The standard InChI is InChI=1S/C25H32N4O2/c1-19(2)26-24(31)28-15-13-25(14-16-28)27-22(17-20-9-5-3-6-10-20)23(30)29(25)18-21-11-7-4-8-12-21/h3-12,19,22,27H,13-18H2,1-2H3,(H,26,31). The Balaban J connectivity index is 1.53. The summed E-state index contributed by atoms with van der Waals surface area (Å²) in [5.74, 6) is 0.146. The highest BCUT2D eigenvalue weighted by Crippen LogP contribution is 2.34. The first-order valence-electron chi connectivity index (χ1n) is 11.2. The van der Waals surface area contributed by atoms with E-state index in [1.165, 1.54) is 0 Å². The number of rotatable bonds is 5. The first-order valence-corrected chi connectivity index (χ1v) is 11.2. The van der Waals surface area contributed by atoms with Gasteiger partial charge in [0, 0.05) is 38.5 Å². The van der Waals surface area contributed by atoms with Gasteiger partial charge < -0.3 is 15.1 Å². The highest BCUT2D eigenvalue weighted by molar-refractivity contribution is 5.85. The van der Waals surface area contributed by atoms with Crippen LogP contribution in [-0.2, 0) is 17.8 Å². The van der Waals surface area contributed by atoms with Crippen LogP contribution in [0.2, 0.25) is 0 Å². The molecular formula is C25H32N4O2. The fourth-order valence-electron chi connectivity index (χ4n) is 4.68. The fraction of sp³-hybridized carbons (Fsp3) is 0.440. The van der Waals surface area contributed by atoms with Crippen LogP contribution in [0.15, 0.2) is 60.7 Å². The van der Waals surface area contributed by atoms with Crippen LogP contribution >= 0.6 is 0 Å². The van der Waals surface area contributed by atoms with E-state index in [1.807, 2.05) is 60.0 Å². The minimum Gasteiger partial charge on any atom is -0.336 e. The number of nitrogens with one attached hydrogen (secondary N) is 2. The summed E-state index contributed by atoms with van der Waals surface area (Å²) in [5, 5.41) is 6.67. The number of nitrogens with zero attached hydrogens (tertiary/aromatic N) is 2. The van der Waals surface area contributed by atoms with Crippen molar-refractivity contribution < 1.29 is 9.59 Å². The van der Waals surface area contributed by atoms with Crippen molar-refractivity contribution >= 4 is 11.9 Å². The molecule has 164 valence electrons. The number of hydrogen-bond donors (Lipinski definition) is 2. The zero-order valence-electron chi connectivity index (χ0n) is 18.4. The monoisotopic (exact) mass is 420 g/mol. The Bertz CT molecular complexity index is 892. The number of likely N-dealkylation sites (tertiary alicyclic amines) is 1. The Kier molecular flexibility index (Phi) is 6.28. The second-order valence-electron chi connectivity index (χ2n) is 8.92. The zero-order valence-corrected chi connectivity index (χ0v) is 18.4. The van der Waals surface area contributed by atoms with Crippen molar-refractivity contribution in [3.63, 3.8) is 0 Å². The quantitative estimate of drug-likeness (QED) is 0.781. The summed E-state index contributed by atoms with van der Waals surface area (Å²) in [5.41, 5.74) is 1.86. The van der Waals surface area contributed by atoms with Gasteiger partial charge in [-0.2, -0.15) is 0 Å². The Morgan fingerprint density at radius 1 is 1.03 bits per heavy atom. The SMILES string of the molecule is CC(C)NC(=O)N1CCC2(CC1)NC(Cc1ccccc1)C(=O)N2Cc1ccccc1. The third-order valence-corrected chi connectivity index (χ3v) is 6.28. The van der Waals surface area contributed by atoms with Gasteiger partial charge in [0.25, 0.3) is 0 Å². The summed E-state index contributed by atoms with van der Waals surface area (Å²) in [7, 11) is 0. The molecule has 2 N–H and O–H groups in total. The number of amides is 3. The highest BCUT2D eigenvalue weighted by atomic mass is 16.2. The van der Waals surface area contributed by atoms with Gasteiger partial charge in [-0.15, -0.1) is 0 Å². The van der Waals surface area contributed by atoms with E-state index in [-0.39, 0.29) is 24.0 Å². The summed E-state index contributed by atoms with van der Waals surface area (Å²) in [4.78, 5) is 29.9. The maximum Gasteiger partial charge on any atom is 0.317 e. The van der Waals surface area contributed by atoms with Gasteiger partial charge in [-0.05, 0) is 31.4 Å². The molecule has 6 nitrogen and oxygen atoms in total. The molecule has 1 atom stereocenters. The van der Waals surface area contributed by atoms with E-state index in [0.29, 0.717) is 26.1 Å². The second-order valence-corrected chi connectivity index (χ2v) is 8.92. The Hall–Kier alpha value is -2.86. The van der Waals surface area contributed by atoms with Crippen molar-refractivity contribution in [2.45, 2.75) is 57.4 Å². The second kappa shape index (κ2) is 9.10. The van der Waals surface area contributed by atoms with E-state index >= 15 is 0 Å². The number of carbonyl (C=O) groups excluding carboxylic acids is 2. The molecule has 0 aliphatic carbocycles. The van der Waals surface area contributed by atoms with Crippen molar-refractivity contribution in [1.82, 2.24) is 20.4 Å². The van der Waals surface area contributed by atoms with E-state index in [2.05, 4.69) is 34.9 Å². The molecule has 2 fully saturated rings. The van der Waals surface area contributed by atoms with Gasteiger partial charge in [0.05, 0.1) is 11.7 Å². The molecule has 0 radical (unpaired) electrons. The van der Waals surface area contributed by atoms with Crippen molar-refractivity contribution in [3.8, 4) is 0 Å². The van der Waals surface area contributed by atoms with Gasteiger partial charge in [-0.1, -0.05) is 60.7 Å². The molecule has 2 heterocycles. The smallest absolute Gasteiger partial charge is 0.317 e. The van der Waals surface area contributed by atoms with Crippen molar-refractivity contribution in [2.24, 2.45) is 0 Å². The van der Waals surface area contributed by atoms with Crippen LogP contribution in [-0.4, -0.2) is 52.6 Å². The normalized spacial score (nSPS) is 20.5. The van der Waals surface area contributed by atoms with Gasteiger partial charge >= 0.3 is 6.03 Å². The van der Waals surface area contributed by atoms with E-state index in [0.717, 1.165) is 24.0 Å². The Morgan fingerprint density at radius 3 is 2.19 bits per heavy atom. The lowest BCUT2D eigenvalue weighted by Gasteiger charge is -2.44. The third-order valence-electron chi connectivity index (χ3n) is 6.28. The summed E-state index contributed by atoms with van der Waals surface area (Å²) >= 11 is 0. The molecule has 1 spiro atoms. The number of hydrogen-bond acceptors (Lipinski definition) is 3. The first kappa shape index (κ1) is 21.4. The molecule has 6 heteroatoms. The third kappa shape index (κ3) is 4.74. The number of urea groups is 1. The van der Waals surface area contributed by atoms with Crippen LogP contribution < -0.4 is 10.6 Å². The molecule has 2 aliphatic rings. The molecule has 2 saturated heterocycles. The molecule has 31 heavy (non-hydrogen) atoms. The maximum absolute atomic E-state index is 13.5. The summed E-state index contributed by atoms with van der Waals surface area (Å²) in [6.07, 6.45) is 2.12. The highest BCUT2D eigenvalue weighted by Gasteiger charge is 2.51. The molecule has 2 aromatic rings. The largest absolute Gasteiger partial charge is 0.336 e. The topological polar surface area (TPSA) is 64.7 Å². The van der Waals surface area contributed by atoms with Crippen LogP contribution in [0.25, 0.3) is 0 Å². The maximum atomic E-state index is 13.5. The van der Waals surface area contributed by atoms with Gasteiger partial charge in [0.15, 0.2) is 0 Å². The predicted octanol–water partition coefficient (Wildman–Crippen LogP) is 3.14. The Labute approximate surface area is 184 Å². The molecule has 2 aromatic carbocycles. The van der Waals surface area contributed by atoms with Crippen molar-refractivity contribution in [1.29, 1.82) is 0 Å². The predicted molar refractivity (Wildman–Crippen MR) is 121 cm³/mol. The zero-order chi connectivity index (χ0) is 21.8. The van der Waals surface area contributed by atoms with Crippen LogP contribution in [0.3, 0.4) is 0 Å². The van der Waals surface area contributed by atoms with Gasteiger partial charge in [-0.3, -0.25) is 10.1 Å². The van der Waals surface area contributed by atoms with E-state index in [9.17, 15) is 9.59 Å². The number of piperidine rings is 1. The molecule has 4 rings (SSSR count). The summed E-state index contributed by atoms with van der Waals surface area (Å²) in [6, 6.07) is 20.1. The minimum atomic E-state index is -0.416. The van der Waals surface area contributed by atoms with Gasteiger partial charge in [-0.25, -0.2) is 4.79 Å². The molecular weight excluding hydrogens is 388 g/mol. The van der Waals surface area contributed by atoms with Gasteiger partial charge in [0.2, 0.25) is 5.91 Å².